The number of nitrogens with one attached hydrogen (secondary N) is 1. The molecular formula is C14H21NO2S. The third-order valence-electron chi connectivity index (χ3n) is 3.82. The minimum Gasteiger partial charge on any atom is -0.477 e. The Morgan fingerprint density at radius 2 is 2.17 bits per heavy atom. The van der Waals surface area contributed by atoms with E-state index in [1.807, 2.05) is 11.4 Å². The van der Waals surface area contributed by atoms with Crippen LogP contribution in [0, 0.1) is 11.8 Å². The van der Waals surface area contributed by atoms with Crippen molar-refractivity contribution in [2.75, 3.05) is 6.54 Å². The zero-order valence-electron chi connectivity index (χ0n) is 10.8. The van der Waals surface area contributed by atoms with Crippen molar-refractivity contribution in [3.05, 3.63) is 21.9 Å². The lowest BCUT2D eigenvalue weighted by atomic mass is 9.83. The van der Waals surface area contributed by atoms with Gasteiger partial charge >= 0.3 is 5.97 Å². The highest BCUT2D eigenvalue weighted by molar-refractivity contribution is 7.12. The predicted octanol–water partition coefficient (Wildman–Crippen LogP) is 3.36. The first-order valence-electron chi connectivity index (χ1n) is 6.67. The number of rotatable bonds is 5. The Labute approximate surface area is 112 Å². The summed E-state index contributed by atoms with van der Waals surface area (Å²) in [7, 11) is 0. The third kappa shape index (κ3) is 3.56. The molecule has 0 spiro atoms. The first-order chi connectivity index (χ1) is 8.66. The van der Waals surface area contributed by atoms with Crippen LogP contribution in [0.2, 0.25) is 0 Å². The van der Waals surface area contributed by atoms with Crippen molar-refractivity contribution in [1.82, 2.24) is 5.32 Å². The number of aromatic carboxylic acids is 1. The van der Waals surface area contributed by atoms with Crippen LogP contribution in [0.5, 0.6) is 0 Å². The second-order valence-electron chi connectivity index (χ2n) is 5.34. The fourth-order valence-electron chi connectivity index (χ4n) is 2.61. The van der Waals surface area contributed by atoms with Crippen molar-refractivity contribution in [1.29, 1.82) is 0 Å². The zero-order valence-corrected chi connectivity index (χ0v) is 11.6. The molecule has 0 aromatic carbocycles. The average molecular weight is 267 g/mol. The van der Waals surface area contributed by atoms with Crippen molar-refractivity contribution in [3.63, 3.8) is 0 Å². The standard InChI is InChI=1S/C14H21NO2S/c1-10-2-4-11(5-3-10)8-15-9-12-6-7-18-13(12)14(16)17/h6-7,10-11,15H,2-5,8-9H2,1H3,(H,16,17). The average Bonchev–Trinajstić information content (AvgIpc) is 2.80. The quantitative estimate of drug-likeness (QED) is 0.860. The van der Waals surface area contributed by atoms with Gasteiger partial charge < -0.3 is 10.4 Å². The van der Waals surface area contributed by atoms with Crippen LogP contribution in [-0.4, -0.2) is 17.6 Å². The van der Waals surface area contributed by atoms with Gasteiger partial charge in [-0.15, -0.1) is 11.3 Å². The minimum atomic E-state index is -0.812. The number of carboxylic acid groups (broad SMARTS) is 1. The van der Waals surface area contributed by atoms with Gasteiger partial charge in [0, 0.05) is 6.54 Å². The Hall–Kier alpha value is -0.870. The monoisotopic (exact) mass is 267 g/mol. The molecule has 2 N–H and O–H groups in total. The Kier molecular flexibility index (Phi) is 4.78. The van der Waals surface area contributed by atoms with Gasteiger partial charge in [0.1, 0.15) is 4.88 Å². The van der Waals surface area contributed by atoms with E-state index in [-0.39, 0.29) is 0 Å². The maximum absolute atomic E-state index is 11.0. The van der Waals surface area contributed by atoms with Gasteiger partial charge in [0.05, 0.1) is 0 Å². The van der Waals surface area contributed by atoms with E-state index in [0.717, 1.165) is 23.9 Å². The molecule has 1 aliphatic carbocycles. The van der Waals surface area contributed by atoms with Crippen LogP contribution in [0.4, 0.5) is 0 Å². The fourth-order valence-corrected chi connectivity index (χ4v) is 3.37. The molecule has 0 radical (unpaired) electrons. The van der Waals surface area contributed by atoms with E-state index < -0.39 is 5.97 Å². The van der Waals surface area contributed by atoms with Crippen LogP contribution in [-0.2, 0) is 6.54 Å². The second kappa shape index (κ2) is 6.34. The minimum absolute atomic E-state index is 0.472. The Balaban J connectivity index is 1.75. The number of hydrogen-bond donors (Lipinski definition) is 2. The molecule has 0 amide bonds. The van der Waals surface area contributed by atoms with Crippen molar-refractivity contribution in [3.8, 4) is 0 Å². The number of carboxylic acids is 1. The van der Waals surface area contributed by atoms with Crippen molar-refractivity contribution in [2.45, 2.75) is 39.2 Å². The van der Waals surface area contributed by atoms with E-state index in [2.05, 4.69) is 12.2 Å². The van der Waals surface area contributed by atoms with E-state index in [9.17, 15) is 4.79 Å². The fraction of sp³-hybridized carbons (Fsp3) is 0.643. The maximum atomic E-state index is 11.0. The molecule has 0 bridgehead atoms. The summed E-state index contributed by atoms with van der Waals surface area (Å²) < 4.78 is 0. The molecule has 1 heterocycles. The summed E-state index contributed by atoms with van der Waals surface area (Å²) in [6, 6.07) is 1.91. The maximum Gasteiger partial charge on any atom is 0.346 e. The molecule has 1 fully saturated rings. The summed E-state index contributed by atoms with van der Waals surface area (Å²) in [5, 5.41) is 14.3. The lowest BCUT2D eigenvalue weighted by Crippen LogP contribution is -2.26. The molecular weight excluding hydrogens is 246 g/mol. The first-order valence-corrected chi connectivity index (χ1v) is 7.55. The Bertz CT molecular complexity index is 394. The van der Waals surface area contributed by atoms with Crippen molar-refractivity contribution in [2.24, 2.45) is 11.8 Å². The van der Waals surface area contributed by atoms with Gasteiger partial charge in [-0.25, -0.2) is 4.79 Å². The molecule has 18 heavy (non-hydrogen) atoms. The molecule has 0 unspecified atom stereocenters. The molecule has 4 heteroatoms. The molecule has 100 valence electrons. The highest BCUT2D eigenvalue weighted by Gasteiger charge is 2.18. The van der Waals surface area contributed by atoms with Crippen LogP contribution < -0.4 is 5.32 Å². The van der Waals surface area contributed by atoms with E-state index in [0.29, 0.717) is 11.4 Å². The topological polar surface area (TPSA) is 49.3 Å². The van der Waals surface area contributed by atoms with E-state index in [4.69, 9.17) is 5.11 Å². The van der Waals surface area contributed by atoms with Gasteiger partial charge in [0.2, 0.25) is 0 Å². The highest BCUT2D eigenvalue weighted by Crippen LogP contribution is 2.27. The van der Waals surface area contributed by atoms with Crippen LogP contribution >= 0.6 is 11.3 Å². The lowest BCUT2D eigenvalue weighted by Gasteiger charge is -2.26. The molecule has 0 aliphatic heterocycles. The predicted molar refractivity (Wildman–Crippen MR) is 74.1 cm³/mol. The number of thiophene rings is 1. The molecule has 0 atom stereocenters. The lowest BCUT2D eigenvalue weighted by molar-refractivity contribution is 0.0701. The second-order valence-corrected chi connectivity index (χ2v) is 6.25. The van der Waals surface area contributed by atoms with Gasteiger partial charge in [-0.1, -0.05) is 19.8 Å². The summed E-state index contributed by atoms with van der Waals surface area (Å²) in [6.07, 6.45) is 5.30. The molecule has 1 aromatic rings. The molecule has 1 aromatic heterocycles. The summed E-state index contributed by atoms with van der Waals surface area (Å²) in [5.41, 5.74) is 0.914. The van der Waals surface area contributed by atoms with Gasteiger partial charge in [0.25, 0.3) is 0 Å². The summed E-state index contributed by atoms with van der Waals surface area (Å²) in [5.74, 6) is 0.846. The molecule has 2 rings (SSSR count). The van der Waals surface area contributed by atoms with Crippen LogP contribution in [0.15, 0.2) is 11.4 Å². The number of hydrogen-bond acceptors (Lipinski definition) is 3. The zero-order chi connectivity index (χ0) is 13.0. The normalized spacial score (nSPS) is 24.1. The smallest absolute Gasteiger partial charge is 0.346 e. The highest BCUT2D eigenvalue weighted by atomic mass is 32.1. The third-order valence-corrected chi connectivity index (χ3v) is 4.77. The van der Waals surface area contributed by atoms with Crippen molar-refractivity contribution < 1.29 is 9.90 Å². The van der Waals surface area contributed by atoms with E-state index in [1.54, 1.807) is 0 Å². The van der Waals surface area contributed by atoms with Crippen LogP contribution in [0.25, 0.3) is 0 Å². The summed E-state index contributed by atoms with van der Waals surface area (Å²) in [6.45, 7) is 4.02. The molecule has 1 saturated carbocycles. The SMILES string of the molecule is CC1CCC(CNCc2ccsc2C(=O)O)CC1. The van der Waals surface area contributed by atoms with Gasteiger partial charge in [-0.3, -0.25) is 0 Å². The van der Waals surface area contributed by atoms with Gasteiger partial charge in [0.15, 0.2) is 0 Å². The van der Waals surface area contributed by atoms with Crippen LogP contribution in [0.1, 0.15) is 47.8 Å². The molecule has 1 aliphatic rings. The van der Waals surface area contributed by atoms with Crippen LogP contribution in [0.3, 0.4) is 0 Å². The summed E-state index contributed by atoms with van der Waals surface area (Å²) in [4.78, 5) is 11.4. The van der Waals surface area contributed by atoms with Gasteiger partial charge in [-0.2, -0.15) is 0 Å². The Morgan fingerprint density at radius 3 is 2.83 bits per heavy atom. The van der Waals surface area contributed by atoms with Crippen molar-refractivity contribution >= 4 is 17.3 Å². The van der Waals surface area contributed by atoms with E-state index in [1.165, 1.54) is 37.0 Å². The Morgan fingerprint density at radius 1 is 1.44 bits per heavy atom. The molecule has 3 nitrogen and oxygen atoms in total. The summed E-state index contributed by atoms with van der Waals surface area (Å²) >= 11 is 1.30. The number of carbonyl (C=O) groups is 1. The van der Waals surface area contributed by atoms with Gasteiger partial charge in [-0.05, 0) is 48.2 Å². The molecule has 0 saturated heterocycles. The van der Waals surface area contributed by atoms with E-state index >= 15 is 0 Å². The largest absolute Gasteiger partial charge is 0.477 e. The first kappa shape index (κ1) is 13.6.